The molecule has 1 unspecified atom stereocenters. The second-order valence-corrected chi connectivity index (χ2v) is 5.91. The minimum Gasteiger partial charge on any atom is -0.495 e. The van der Waals surface area contributed by atoms with E-state index in [9.17, 15) is 9.90 Å². The maximum absolute atomic E-state index is 11.6. The molecule has 5 nitrogen and oxygen atoms in total. The van der Waals surface area contributed by atoms with Gasteiger partial charge >= 0.3 is 5.97 Å². The van der Waals surface area contributed by atoms with Gasteiger partial charge in [-0.05, 0) is 50.1 Å². The summed E-state index contributed by atoms with van der Waals surface area (Å²) in [4.78, 5) is 15.7. The first-order valence-corrected chi connectivity index (χ1v) is 7.55. The fraction of sp³-hybridized carbons (Fsp3) is 0.143. The molecule has 1 aromatic heterocycles. The van der Waals surface area contributed by atoms with Crippen molar-refractivity contribution in [3.8, 4) is 5.75 Å². The summed E-state index contributed by atoms with van der Waals surface area (Å²) in [6.07, 6.45) is 1.56. The van der Waals surface area contributed by atoms with Crippen molar-refractivity contribution in [3.05, 3.63) is 51.2 Å². The lowest BCUT2D eigenvalue weighted by atomic mass is 10.1. The molecule has 0 fully saturated rings. The number of para-hydroxylation sites is 2. The molecule has 21 heavy (non-hydrogen) atoms. The second-order valence-electron chi connectivity index (χ2n) is 4.14. The van der Waals surface area contributed by atoms with Gasteiger partial charge in [-0.1, -0.05) is 12.1 Å². The number of aromatic nitrogens is 1. The van der Waals surface area contributed by atoms with Gasteiger partial charge in [0.25, 0.3) is 0 Å². The number of carboxylic acid groups (broad SMARTS) is 1. The van der Waals surface area contributed by atoms with E-state index >= 15 is 0 Å². The highest BCUT2D eigenvalue weighted by molar-refractivity contribution is 9.11. The quantitative estimate of drug-likeness (QED) is 0.775. The summed E-state index contributed by atoms with van der Waals surface area (Å²) in [5.74, 6) is -0.464. The Morgan fingerprint density at radius 1 is 1.38 bits per heavy atom. The molecule has 1 atom stereocenters. The Hall–Kier alpha value is -1.60. The van der Waals surface area contributed by atoms with Gasteiger partial charge in [0, 0.05) is 15.1 Å². The van der Waals surface area contributed by atoms with E-state index in [1.807, 2.05) is 6.07 Å². The predicted octanol–water partition coefficient (Wildman–Crippen LogP) is 3.85. The minimum absolute atomic E-state index is 0.386. The van der Waals surface area contributed by atoms with Crippen molar-refractivity contribution in [2.24, 2.45) is 0 Å². The molecule has 2 rings (SSSR count). The average molecular weight is 416 g/mol. The highest BCUT2D eigenvalue weighted by atomic mass is 79.9. The van der Waals surface area contributed by atoms with Crippen molar-refractivity contribution < 1.29 is 14.6 Å². The number of hydrogen-bond acceptors (Lipinski definition) is 4. The van der Waals surface area contributed by atoms with Gasteiger partial charge in [-0.15, -0.1) is 0 Å². The number of carbonyl (C=O) groups is 1. The van der Waals surface area contributed by atoms with E-state index in [-0.39, 0.29) is 0 Å². The molecule has 0 spiro atoms. The van der Waals surface area contributed by atoms with Crippen LogP contribution in [0.2, 0.25) is 0 Å². The van der Waals surface area contributed by atoms with Crippen molar-refractivity contribution in [1.29, 1.82) is 0 Å². The molecule has 0 aliphatic heterocycles. The Kier molecular flexibility index (Phi) is 5.19. The van der Waals surface area contributed by atoms with Gasteiger partial charge < -0.3 is 15.2 Å². The highest BCUT2D eigenvalue weighted by Crippen LogP contribution is 2.31. The summed E-state index contributed by atoms with van der Waals surface area (Å²) in [6.45, 7) is 0. The van der Waals surface area contributed by atoms with Crippen LogP contribution >= 0.6 is 31.9 Å². The summed E-state index contributed by atoms with van der Waals surface area (Å²) in [5, 5.41) is 12.4. The molecule has 0 radical (unpaired) electrons. The maximum Gasteiger partial charge on any atom is 0.332 e. The van der Waals surface area contributed by atoms with Crippen molar-refractivity contribution in [1.82, 2.24) is 4.98 Å². The Morgan fingerprint density at radius 3 is 2.71 bits per heavy atom. The summed E-state index contributed by atoms with van der Waals surface area (Å²) in [6, 6.07) is 7.87. The van der Waals surface area contributed by atoms with Crippen LogP contribution in [0.4, 0.5) is 5.69 Å². The van der Waals surface area contributed by atoms with Crippen LogP contribution in [0.15, 0.2) is 45.5 Å². The van der Waals surface area contributed by atoms with E-state index in [0.717, 1.165) is 4.47 Å². The van der Waals surface area contributed by atoms with Crippen LogP contribution in [-0.4, -0.2) is 23.2 Å². The van der Waals surface area contributed by atoms with Crippen molar-refractivity contribution in [2.75, 3.05) is 12.4 Å². The van der Waals surface area contributed by atoms with Crippen molar-refractivity contribution >= 4 is 43.5 Å². The van der Waals surface area contributed by atoms with Crippen molar-refractivity contribution in [2.45, 2.75) is 6.04 Å². The molecule has 0 amide bonds. The number of hydrogen-bond donors (Lipinski definition) is 2. The van der Waals surface area contributed by atoms with E-state index in [4.69, 9.17) is 4.74 Å². The monoisotopic (exact) mass is 414 g/mol. The Balaban J connectivity index is 2.38. The Bertz CT molecular complexity index is 664. The number of methoxy groups -OCH3 is 1. The number of aliphatic carboxylic acids is 1. The zero-order valence-electron chi connectivity index (χ0n) is 11.0. The molecule has 1 heterocycles. The van der Waals surface area contributed by atoms with Crippen LogP contribution in [0.3, 0.4) is 0 Å². The third-order valence-corrected chi connectivity index (χ3v) is 3.83. The number of rotatable bonds is 5. The number of halogens is 2. The topological polar surface area (TPSA) is 71.5 Å². The van der Waals surface area contributed by atoms with E-state index in [0.29, 0.717) is 21.6 Å². The zero-order chi connectivity index (χ0) is 15.4. The Morgan fingerprint density at radius 2 is 2.10 bits per heavy atom. The molecule has 2 aromatic rings. The number of pyridine rings is 1. The summed E-state index contributed by atoms with van der Waals surface area (Å²) in [7, 11) is 1.53. The zero-order valence-corrected chi connectivity index (χ0v) is 14.2. The molecular weight excluding hydrogens is 404 g/mol. The van der Waals surface area contributed by atoms with Crippen LogP contribution in [0, 0.1) is 0 Å². The number of carboxylic acids is 1. The molecule has 7 heteroatoms. The lowest BCUT2D eigenvalue weighted by Crippen LogP contribution is -2.22. The first-order valence-electron chi connectivity index (χ1n) is 5.96. The van der Waals surface area contributed by atoms with Crippen LogP contribution in [0.5, 0.6) is 5.75 Å². The average Bonchev–Trinajstić information content (AvgIpc) is 2.45. The van der Waals surface area contributed by atoms with Gasteiger partial charge in [0.15, 0.2) is 6.04 Å². The molecule has 0 bridgehead atoms. The first kappa shape index (κ1) is 15.8. The van der Waals surface area contributed by atoms with Gasteiger partial charge in [-0.25, -0.2) is 4.79 Å². The van der Waals surface area contributed by atoms with Gasteiger partial charge in [-0.2, -0.15) is 0 Å². The molecule has 110 valence electrons. The Labute approximate surface area is 138 Å². The summed E-state index contributed by atoms with van der Waals surface area (Å²) >= 11 is 6.63. The van der Waals surface area contributed by atoms with Crippen molar-refractivity contribution in [3.63, 3.8) is 0 Å². The summed E-state index contributed by atoms with van der Waals surface area (Å²) in [5.41, 5.74) is 0.973. The molecule has 2 N–H and O–H groups in total. The van der Waals surface area contributed by atoms with Crippen LogP contribution in [-0.2, 0) is 4.79 Å². The molecule has 1 aromatic carbocycles. The molecule has 0 saturated carbocycles. The highest BCUT2D eigenvalue weighted by Gasteiger charge is 2.24. The predicted molar refractivity (Wildman–Crippen MR) is 86.6 cm³/mol. The lowest BCUT2D eigenvalue weighted by molar-refractivity contribution is -0.138. The van der Waals surface area contributed by atoms with E-state index < -0.39 is 12.0 Å². The number of anilines is 1. The smallest absolute Gasteiger partial charge is 0.332 e. The number of ether oxygens (including phenoxy) is 1. The van der Waals surface area contributed by atoms with Gasteiger partial charge in [-0.3, -0.25) is 4.98 Å². The molecule has 0 aliphatic carbocycles. The number of nitrogens with zero attached hydrogens (tertiary/aromatic N) is 1. The van der Waals surface area contributed by atoms with E-state index in [1.165, 1.54) is 7.11 Å². The van der Waals surface area contributed by atoms with Crippen LogP contribution in [0.25, 0.3) is 0 Å². The fourth-order valence-electron chi connectivity index (χ4n) is 1.80. The lowest BCUT2D eigenvalue weighted by Gasteiger charge is -2.18. The number of nitrogens with one attached hydrogen (secondary N) is 1. The fourth-order valence-corrected chi connectivity index (χ4v) is 3.02. The maximum atomic E-state index is 11.6. The van der Waals surface area contributed by atoms with Crippen LogP contribution in [0.1, 0.15) is 11.7 Å². The van der Waals surface area contributed by atoms with Gasteiger partial charge in [0.1, 0.15) is 5.75 Å². The SMILES string of the molecule is COc1ccccc1NC(C(=O)O)c1ncc(Br)cc1Br. The molecular formula is C14H12Br2N2O3. The third-order valence-electron chi connectivity index (χ3n) is 2.76. The molecule has 0 aliphatic rings. The van der Waals surface area contributed by atoms with E-state index in [1.54, 1.807) is 30.5 Å². The largest absolute Gasteiger partial charge is 0.495 e. The number of benzene rings is 1. The molecule has 0 saturated heterocycles. The first-order chi connectivity index (χ1) is 10.0. The minimum atomic E-state index is -1.03. The van der Waals surface area contributed by atoms with Gasteiger partial charge in [0.05, 0.1) is 18.5 Å². The standard InChI is InChI=1S/C14H12Br2N2O3/c1-21-11-5-3-2-4-10(11)18-13(14(19)20)12-9(16)6-8(15)7-17-12/h2-7,13,18H,1H3,(H,19,20). The third kappa shape index (κ3) is 3.74. The van der Waals surface area contributed by atoms with Crippen LogP contribution < -0.4 is 10.1 Å². The summed E-state index contributed by atoms with van der Waals surface area (Å²) < 4.78 is 6.58. The van der Waals surface area contributed by atoms with E-state index in [2.05, 4.69) is 42.2 Å². The van der Waals surface area contributed by atoms with Gasteiger partial charge in [0.2, 0.25) is 0 Å². The normalized spacial score (nSPS) is 11.8. The second kappa shape index (κ2) is 6.91.